The smallest absolute Gasteiger partial charge is 0.870 e. The van der Waals surface area contributed by atoms with E-state index in [4.69, 9.17) is 51.6 Å². The van der Waals surface area contributed by atoms with Crippen LogP contribution in [0.5, 0.6) is 35.3 Å². The summed E-state index contributed by atoms with van der Waals surface area (Å²) in [7, 11) is 8.09. The Kier molecular flexibility index (Phi) is 40.2. The van der Waals surface area contributed by atoms with Gasteiger partial charge in [0.05, 0.1) is 139 Å². The summed E-state index contributed by atoms with van der Waals surface area (Å²) in [6.07, 6.45) is -7.90. The van der Waals surface area contributed by atoms with E-state index in [0.717, 1.165) is 89.9 Å². The van der Waals surface area contributed by atoms with Crippen LogP contribution in [-0.2, 0) is 43.6 Å². The number of methoxy groups -OCH3 is 6. The third kappa shape index (κ3) is 29.7. The largest absolute Gasteiger partial charge is 1.00 e. The van der Waals surface area contributed by atoms with E-state index in [1.165, 1.54) is 95.3 Å². The molecule has 0 bridgehead atoms. The van der Waals surface area contributed by atoms with Crippen molar-refractivity contribution in [2.24, 2.45) is 11.5 Å². The number of aromatic amines is 1. The molecular formula is C65H63BrF18LiN27O12. The average Bonchev–Trinajstić information content (AvgIpc) is 1.69. The first kappa shape index (κ1) is 108. The van der Waals surface area contributed by atoms with Crippen molar-refractivity contribution in [3.8, 4) is 63.7 Å². The molecule has 12 rings (SSSR count). The molecule has 1 amide bonds. The molecule has 0 aromatic carbocycles. The van der Waals surface area contributed by atoms with Gasteiger partial charge in [-0.2, -0.15) is 84.1 Å². The molecule has 0 atom stereocenters. The number of ether oxygens (including phenoxy) is 6. The van der Waals surface area contributed by atoms with Crippen molar-refractivity contribution >= 4 is 45.1 Å². The quantitative estimate of drug-likeness (QED) is 0.0303. The standard InChI is InChI=1S/C11H9F3N4O2.C10H8F3N5O2.C10H6F3N5O.C10H10F3N5O.C10H7F3N4O3.C6H8N2O2.C5H2BrF3N2.3CH4.Li.H2O/c1-6(19)8-5-18(17-9(8)20-2)7-3-15-10(16-4-7)11(12,13)14;1-20-8-6(7(14)19)4-18(17-8)5-2-15-9(16-3-5)10(11,12)13;1-14-7-5-18(17-8(7)19-2)6-3-15-9(16-4-6)10(11,12)13;1-19-8-6(2-14)5-18(17-8)7-3-15-9(16-4-7)10(11,12)13;1-20-7-6(8(18)19)4-17(16-7)5-2-14-9(15-3-5)10(11,12)13;1-4(9)5-3-7-8-6(5)10-2;6-3-1-10-4(11-2-3)5(7,8)9;;;;;/h3-5H,1-2H3;2-4H,1H3,(H2,14,19);3-5H,2H3;3-5H,2,14H2,1H3;2-4H,1H3,(H,18,19);3H,1-2H3,(H,7,8);1-2H;3*1H4;;1H2/q;;;;;;;;;;+1;/p-1. The van der Waals surface area contributed by atoms with Crippen molar-refractivity contribution in [2.45, 2.75) is 79.7 Å². The number of carboxylic acids is 1. The van der Waals surface area contributed by atoms with E-state index in [0.29, 0.717) is 27.4 Å². The van der Waals surface area contributed by atoms with Gasteiger partial charge in [0.2, 0.25) is 70.2 Å². The second kappa shape index (κ2) is 46.2. The fraction of sp³-hybridized carbons (Fsp3) is 0.277. The number of carboxylic acid groups (broad SMARTS) is 1. The number of carbonyl (C=O) groups excluding carboxylic acids is 3. The molecule has 0 unspecified atom stereocenters. The molecule has 0 radical (unpaired) electrons. The van der Waals surface area contributed by atoms with Crippen molar-refractivity contribution in [3.05, 3.63) is 190 Å². The van der Waals surface area contributed by atoms with Crippen molar-refractivity contribution in [1.82, 2.24) is 119 Å². The molecule has 124 heavy (non-hydrogen) atoms. The predicted octanol–water partition coefficient (Wildman–Crippen LogP) is 9.07. The minimum atomic E-state index is -4.65. The van der Waals surface area contributed by atoms with E-state index in [2.05, 4.69) is 116 Å². The molecule has 664 valence electrons. The number of aromatic carboxylic acids is 1. The van der Waals surface area contributed by atoms with Crippen LogP contribution in [0, 0.1) is 6.57 Å². The zero-order valence-corrected chi connectivity index (χ0v) is 63.7. The number of ketones is 2. The molecule has 12 aromatic heterocycles. The molecule has 0 saturated carbocycles. The van der Waals surface area contributed by atoms with E-state index in [-0.39, 0.29) is 139 Å². The van der Waals surface area contributed by atoms with Gasteiger partial charge in [-0.05, 0) is 29.8 Å². The summed E-state index contributed by atoms with van der Waals surface area (Å²) in [5, 5.41) is 34.5. The van der Waals surface area contributed by atoms with Gasteiger partial charge >= 0.3 is 61.9 Å². The van der Waals surface area contributed by atoms with Crippen LogP contribution >= 0.6 is 15.9 Å². The van der Waals surface area contributed by atoms with Crippen LogP contribution in [0.1, 0.15) is 118 Å². The molecule has 0 aliphatic carbocycles. The SMILES string of the molecule is C.C.C.COc1[nH]ncc1C(C)=O.COc1nn(-c2cnc(C(F)(F)F)nc2)cc1C(=O)O.COc1nn(-c2cnc(C(F)(F)F)nc2)cc1C(C)=O.COc1nn(-c2cnc(C(F)(F)F)nc2)cc1C(N)=O.COc1nn(-c2cnc(C(F)(F)F)nc2)cc1CN.FC(F)(F)c1ncc(Br)cn1.[C-]#[N+]c1cn(-c2cnc(C(F)(F)F)nc2)nc1OC.[Li+].[OH-]. The van der Waals surface area contributed by atoms with E-state index >= 15 is 0 Å². The molecule has 7 N–H and O–H groups in total. The Labute approximate surface area is 705 Å². The Balaban J connectivity index is 0.000000727. The van der Waals surface area contributed by atoms with Crippen molar-refractivity contribution in [1.29, 1.82) is 0 Å². The maximum Gasteiger partial charge on any atom is 1.00 e. The summed E-state index contributed by atoms with van der Waals surface area (Å²) >= 11 is 2.92. The monoisotopic (exact) mass is 1840 g/mol. The van der Waals surface area contributed by atoms with Crippen LogP contribution in [-0.4, -0.2) is 196 Å². The molecule has 0 aliphatic rings. The first-order chi connectivity index (χ1) is 55.6. The van der Waals surface area contributed by atoms with Crippen molar-refractivity contribution in [2.75, 3.05) is 42.7 Å². The van der Waals surface area contributed by atoms with Crippen LogP contribution in [0.2, 0.25) is 0 Å². The third-order valence-corrected chi connectivity index (χ3v) is 13.9. The van der Waals surface area contributed by atoms with Crippen LogP contribution in [0.25, 0.3) is 33.3 Å². The van der Waals surface area contributed by atoms with Crippen LogP contribution < -0.4 is 58.7 Å². The van der Waals surface area contributed by atoms with E-state index in [1.807, 2.05) is 0 Å². The number of halogens is 19. The zero-order valence-electron chi connectivity index (χ0n) is 62.1. The van der Waals surface area contributed by atoms with Crippen LogP contribution in [0.3, 0.4) is 0 Å². The van der Waals surface area contributed by atoms with Gasteiger partial charge in [-0.3, -0.25) is 14.4 Å². The summed E-state index contributed by atoms with van der Waals surface area (Å²) in [6.45, 7) is 9.88. The number of nitrogens with two attached hydrogens (primary N) is 2. The fourth-order valence-corrected chi connectivity index (χ4v) is 8.30. The van der Waals surface area contributed by atoms with Gasteiger partial charge in [0, 0.05) is 55.5 Å². The predicted molar refractivity (Wildman–Crippen MR) is 385 cm³/mol. The third-order valence-electron chi connectivity index (χ3n) is 13.5. The minimum absolute atomic E-state index is 0. The van der Waals surface area contributed by atoms with Gasteiger partial charge < -0.3 is 50.5 Å². The summed E-state index contributed by atoms with van der Waals surface area (Å²) in [6, 6.07) is 0. The van der Waals surface area contributed by atoms with Gasteiger partial charge in [-0.25, -0.2) is 98.0 Å². The Morgan fingerprint density at radius 2 is 0.669 bits per heavy atom. The number of nitrogens with one attached hydrogen (secondary N) is 1. The number of aromatic nitrogens is 24. The van der Waals surface area contributed by atoms with Gasteiger partial charge in [0.1, 0.15) is 33.9 Å². The Bertz CT molecular complexity index is 5140. The van der Waals surface area contributed by atoms with Crippen molar-refractivity contribution < 1.29 is 156 Å². The first-order valence-corrected chi connectivity index (χ1v) is 31.8. The summed E-state index contributed by atoms with van der Waals surface area (Å²) < 4.78 is 255. The number of alkyl halides is 18. The van der Waals surface area contributed by atoms with Crippen molar-refractivity contribution in [3.63, 3.8) is 0 Å². The minimum Gasteiger partial charge on any atom is -0.870 e. The van der Waals surface area contributed by atoms with Gasteiger partial charge in [0.25, 0.3) is 11.6 Å². The topological polar surface area (TPSA) is 503 Å². The number of H-pyrrole nitrogens is 1. The van der Waals surface area contributed by atoms with E-state index in [1.54, 1.807) is 6.20 Å². The van der Waals surface area contributed by atoms with Crippen LogP contribution in [0.4, 0.5) is 84.7 Å². The molecule has 0 saturated heterocycles. The van der Waals surface area contributed by atoms with Gasteiger partial charge in [-0.15, -0.1) is 25.5 Å². The average molecular weight is 1840 g/mol. The second-order valence-corrected chi connectivity index (χ2v) is 22.4. The molecule has 0 spiro atoms. The summed E-state index contributed by atoms with van der Waals surface area (Å²) in [5.41, 5.74) is 12.7. The number of Topliss-reactive ketones (excluding diaryl/α,β-unsaturated/α-hetero) is 2. The van der Waals surface area contributed by atoms with E-state index < -0.39 is 83.9 Å². The zero-order chi connectivity index (χ0) is 88.9. The summed E-state index contributed by atoms with van der Waals surface area (Å²) in [5.74, 6) is -9.07. The number of primary amides is 1. The maximum atomic E-state index is 12.3. The molecular weight excluding hydrogens is 1780 g/mol. The van der Waals surface area contributed by atoms with Gasteiger partial charge in [0.15, 0.2) is 11.6 Å². The first-order valence-electron chi connectivity index (χ1n) is 31.0. The maximum absolute atomic E-state index is 12.3. The molecule has 12 aromatic rings. The molecule has 12 heterocycles. The molecule has 0 fully saturated rings. The second-order valence-electron chi connectivity index (χ2n) is 21.5. The molecule has 59 heteroatoms. The number of hydrogen-bond acceptors (Lipinski definition) is 30. The molecule has 0 aliphatic heterocycles. The number of rotatable bonds is 16. The number of hydrogen-bond donors (Lipinski definition) is 4. The number of nitrogens with zero attached hydrogens (tertiary/aromatic N) is 24. The Morgan fingerprint density at radius 3 is 0.887 bits per heavy atom. The van der Waals surface area contributed by atoms with Gasteiger partial charge in [-0.1, -0.05) is 22.3 Å². The fourth-order valence-electron chi connectivity index (χ4n) is 8.09. The summed E-state index contributed by atoms with van der Waals surface area (Å²) in [4.78, 5) is 85.4. The number of amides is 1. The normalized spacial score (nSPS) is 10.8. The Morgan fingerprint density at radius 1 is 0.411 bits per heavy atom. The van der Waals surface area contributed by atoms with E-state index in [9.17, 15) is 98.2 Å². The Hall–Kier alpha value is -14.0. The van der Waals surface area contributed by atoms with Crippen LogP contribution in [0.15, 0.2) is 116 Å². The molecule has 39 nitrogen and oxygen atoms in total. The number of carbonyl (C=O) groups is 4.